The molecule has 1 unspecified atom stereocenters. The van der Waals surface area contributed by atoms with Crippen molar-refractivity contribution in [1.29, 1.82) is 0 Å². The van der Waals surface area contributed by atoms with Crippen molar-refractivity contribution in [3.05, 3.63) is 77.3 Å². The van der Waals surface area contributed by atoms with Gasteiger partial charge in [0.25, 0.3) is 5.78 Å². The molecule has 1 aliphatic rings. The molecule has 2 aromatic heterocycles. The first-order chi connectivity index (χ1) is 16.4. The van der Waals surface area contributed by atoms with Gasteiger partial charge in [0.2, 0.25) is 5.95 Å². The minimum atomic E-state index is -1.07. The molecule has 0 bridgehead atoms. The molecule has 0 aliphatic carbocycles. The van der Waals surface area contributed by atoms with Gasteiger partial charge in [0.05, 0.1) is 30.8 Å². The molecule has 1 fully saturated rings. The Balaban J connectivity index is 1.77. The quantitative estimate of drug-likeness (QED) is 0.262. The molecule has 172 valence electrons. The van der Waals surface area contributed by atoms with Crippen LogP contribution in [0.5, 0.6) is 11.5 Å². The van der Waals surface area contributed by atoms with Crippen LogP contribution in [0.4, 0.5) is 5.95 Å². The number of hydrogen-bond donors (Lipinski definition) is 2. The molecule has 9 nitrogen and oxygen atoms in total. The van der Waals surface area contributed by atoms with Gasteiger partial charge in [0.15, 0.2) is 0 Å². The number of ether oxygens (including phenoxy) is 2. The molecular weight excluding hydrogens is 438 g/mol. The Bertz CT molecular complexity index is 1410. The van der Waals surface area contributed by atoms with E-state index in [1.807, 2.05) is 18.2 Å². The van der Waals surface area contributed by atoms with E-state index < -0.39 is 23.5 Å². The number of aromatic amines is 1. The molecule has 2 N–H and O–H groups in total. The maximum Gasteiger partial charge on any atom is 0.302 e. The normalized spacial score (nSPS) is 17.5. The minimum absolute atomic E-state index is 0.156. The lowest BCUT2D eigenvalue weighted by atomic mass is 9.98. The van der Waals surface area contributed by atoms with Crippen LogP contribution in [0.1, 0.15) is 23.1 Å². The number of imidazole rings is 1. The number of H-pyrrole nitrogens is 1. The highest BCUT2D eigenvalue weighted by Crippen LogP contribution is 2.45. The zero-order valence-electron chi connectivity index (χ0n) is 18.7. The van der Waals surface area contributed by atoms with Gasteiger partial charge >= 0.3 is 5.91 Å². The van der Waals surface area contributed by atoms with E-state index >= 15 is 0 Å². The molecule has 5 rings (SSSR count). The van der Waals surface area contributed by atoms with Crippen molar-refractivity contribution >= 4 is 34.4 Å². The van der Waals surface area contributed by atoms with E-state index in [2.05, 4.69) is 9.97 Å². The third-order valence-electron chi connectivity index (χ3n) is 5.74. The van der Waals surface area contributed by atoms with E-state index in [1.165, 1.54) is 19.1 Å². The van der Waals surface area contributed by atoms with Gasteiger partial charge in [0, 0.05) is 0 Å². The minimum Gasteiger partial charge on any atom is -0.506 e. The molecule has 0 radical (unpaired) electrons. The summed E-state index contributed by atoms with van der Waals surface area (Å²) in [5.74, 6) is -0.577. The van der Waals surface area contributed by atoms with E-state index in [4.69, 9.17) is 13.9 Å². The van der Waals surface area contributed by atoms with E-state index in [-0.39, 0.29) is 28.6 Å². The second-order valence-corrected chi connectivity index (χ2v) is 7.73. The lowest BCUT2D eigenvalue weighted by Crippen LogP contribution is -2.30. The Kier molecular flexibility index (Phi) is 5.09. The smallest absolute Gasteiger partial charge is 0.302 e. The summed E-state index contributed by atoms with van der Waals surface area (Å²) in [6.07, 6.45) is 0. The number of ketones is 1. The van der Waals surface area contributed by atoms with Crippen LogP contribution < -0.4 is 14.4 Å². The summed E-state index contributed by atoms with van der Waals surface area (Å²) >= 11 is 0. The van der Waals surface area contributed by atoms with Crippen molar-refractivity contribution in [2.45, 2.75) is 13.0 Å². The monoisotopic (exact) mass is 459 g/mol. The van der Waals surface area contributed by atoms with Gasteiger partial charge in [-0.05, 0) is 43.3 Å². The molecule has 1 saturated heterocycles. The SMILES string of the molecule is COc1cccc(OC)c1/C(O)=C1\C(=O)C(=O)N(c2nc3ccccc3[nH]2)C1c1ccc(C)o1. The molecule has 34 heavy (non-hydrogen) atoms. The van der Waals surface area contributed by atoms with Crippen molar-refractivity contribution < 1.29 is 28.6 Å². The third-order valence-corrected chi connectivity index (χ3v) is 5.74. The number of carbonyl (C=O) groups is 2. The first-order valence-electron chi connectivity index (χ1n) is 10.5. The first kappa shape index (κ1) is 21.3. The number of nitrogens with one attached hydrogen (secondary N) is 1. The number of para-hydroxylation sites is 2. The Labute approximate surface area is 194 Å². The number of aliphatic hydroxyl groups excluding tert-OH is 1. The lowest BCUT2D eigenvalue weighted by Gasteiger charge is -2.21. The molecular formula is C25H21N3O6. The molecule has 1 amide bonds. The first-order valence-corrected chi connectivity index (χ1v) is 10.5. The molecule has 4 aromatic rings. The van der Waals surface area contributed by atoms with Crippen LogP contribution in [0.3, 0.4) is 0 Å². The number of aliphatic hydroxyl groups is 1. The number of fused-ring (bicyclic) bond motifs is 1. The maximum atomic E-state index is 13.3. The standard InChI is InChI=1S/C25H21N3O6/c1-13-11-12-18(34-13)21-20(22(29)19-16(32-2)9-6-10-17(19)33-3)23(30)24(31)28(21)25-26-14-7-4-5-8-15(14)27-25/h4-12,21,29H,1-3H3,(H,26,27)/b22-20+. The fraction of sp³-hybridized carbons (Fsp3) is 0.160. The number of carbonyl (C=O) groups excluding carboxylic acids is 2. The molecule has 0 saturated carbocycles. The van der Waals surface area contributed by atoms with E-state index in [1.54, 1.807) is 43.3 Å². The summed E-state index contributed by atoms with van der Waals surface area (Å²) in [4.78, 5) is 35.4. The van der Waals surface area contributed by atoms with Crippen LogP contribution in [-0.2, 0) is 9.59 Å². The van der Waals surface area contributed by atoms with Gasteiger partial charge in [-0.3, -0.25) is 14.5 Å². The van der Waals surface area contributed by atoms with E-state index in [9.17, 15) is 14.7 Å². The topological polar surface area (TPSA) is 118 Å². The maximum absolute atomic E-state index is 13.3. The van der Waals surface area contributed by atoms with Gasteiger partial charge in [-0.2, -0.15) is 0 Å². The highest BCUT2D eigenvalue weighted by Gasteiger charge is 2.50. The number of hydrogen-bond acceptors (Lipinski definition) is 7. The Morgan fingerprint density at radius 1 is 1.03 bits per heavy atom. The summed E-state index contributed by atoms with van der Waals surface area (Å²) in [6.45, 7) is 1.75. The number of nitrogens with zero attached hydrogens (tertiary/aromatic N) is 2. The second kappa shape index (κ2) is 8.11. The number of anilines is 1. The van der Waals surface area contributed by atoms with Crippen molar-refractivity contribution in [3.8, 4) is 11.5 Å². The highest BCUT2D eigenvalue weighted by atomic mass is 16.5. The number of benzene rings is 2. The largest absolute Gasteiger partial charge is 0.506 e. The van der Waals surface area contributed by atoms with Gasteiger partial charge < -0.3 is 24.0 Å². The van der Waals surface area contributed by atoms with Gasteiger partial charge in [-0.25, -0.2) is 4.98 Å². The number of rotatable bonds is 5. The number of Topliss-reactive ketones (excluding diaryl/α,β-unsaturated/α-hetero) is 1. The second-order valence-electron chi connectivity index (χ2n) is 7.73. The third kappa shape index (κ3) is 3.21. The van der Waals surface area contributed by atoms with Crippen molar-refractivity contribution in [1.82, 2.24) is 9.97 Å². The number of furan rings is 1. The Hall–Kier alpha value is -4.53. The van der Waals surface area contributed by atoms with Crippen LogP contribution >= 0.6 is 0 Å². The van der Waals surface area contributed by atoms with Crippen molar-refractivity contribution in [2.24, 2.45) is 0 Å². The number of amides is 1. The zero-order chi connectivity index (χ0) is 24.0. The summed E-state index contributed by atoms with van der Waals surface area (Å²) in [5, 5.41) is 11.4. The molecule has 3 heterocycles. The van der Waals surface area contributed by atoms with E-state index in [0.29, 0.717) is 22.6 Å². The van der Waals surface area contributed by atoms with Crippen LogP contribution in [0.25, 0.3) is 16.8 Å². The van der Waals surface area contributed by atoms with Crippen LogP contribution in [0.15, 0.2) is 64.6 Å². The van der Waals surface area contributed by atoms with Crippen LogP contribution in [-0.4, -0.2) is 41.0 Å². The van der Waals surface area contributed by atoms with Gasteiger partial charge in [-0.1, -0.05) is 18.2 Å². The summed E-state index contributed by atoms with van der Waals surface area (Å²) in [6, 6.07) is 14.5. The summed E-state index contributed by atoms with van der Waals surface area (Å²) < 4.78 is 16.6. The summed E-state index contributed by atoms with van der Waals surface area (Å²) in [5.41, 5.74) is 1.31. The number of aryl methyl sites for hydroxylation is 1. The van der Waals surface area contributed by atoms with Crippen molar-refractivity contribution in [2.75, 3.05) is 19.1 Å². The molecule has 2 aromatic carbocycles. The molecule has 9 heteroatoms. The average Bonchev–Trinajstić information content (AvgIpc) is 3.53. The van der Waals surface area contributed by atoms with Crippen molar-refractivity contribution in [3.63, 3.8) is 0 Å². The fourth-order valence-electron chi connectivity index (χ4n) is 4.19. The number of aromatic nitrogens is 2. The Morgan fingerprint density at radius 3 is 2.35 bits per heavy atom. The Morgan fingerprint density at radius 2 is 1.74 bits per heavy atom. The van der Waals surface area contributed by atoms with Gasteiger partial charge in [-0.15, -0.1) is 0 Å². The number of methoxy groups -OCH3 is 2. The summed E-state index contributed by atoms with van der Waals surface area (Å²) in [7, 11) is 2.87. The molecule has 1 aliphatic heterocycles. The van der Waals surface area contributed by atoms with Crippen LogP contribution in [0.2, 0.25) is 0 Å². The predicted octanol–water partition coefficient (Wildman–Crippen LogP) is 4.11. The zero-order valence-corrected chi connectivity index (χ0v) is 18.7. The van der Waals surface area contributed by atoms with Gasteiger partial charge in [0.1, 0.15) is 40.4 Å². The van der Waals surface area contributed by atoms with E-state index in [0.717, 1.165) is 0 Å². The lowest BCUT2D eigenvalue weighted by molar-refractivity contribution is -0.132. The van der Waals surface area contributed by atoms with Crippen LogP contribution in [0, 0.1) is 6.92 Å². The average molecular weight is 459 g/mol. The highest BCUT2D eigenvalue weighted by molar-refractivity contribution is 6.51. The molecule has 0 spiro atoms. The molecule has 1 atom stereocenters. The fourth-order valence-corrected chi connectivity index (χ4v) is 4.19. The predicted molar refractivity (Wildman–Crippen MR) is 124 cm³/mol.